The number of hydrogen-bond acceptors (Lipinski definition) is 4. The number of alkyl halides is 6. The molecule has 11 heteroatoms. The second kappa shape index (κ2) is 10.1. The van der Waals surface area contributed by atoms with Crippen LogP contribution in [0.4, 0.5) is 26.3 Å². The first kappa shape index (κ1) is 28.2. The van der Waals surface area contributed by atoms with Gasteiger partial charge in [0.25, 0.3) is 0 Å². The lowest BCUT2D eigenvalue weighted by Gasteiger charge is -2.17. The maximum absolute atomic E-state index is 14.6. The largest absolute Gasteiger partial charge is 0.439 e. The van der Waals surface area contributed by atoms with Crippen molar-refractivity contribution in [3.05, 3.63) is 107 Å². The van der Waals surface area contributed by atoms with Crippen molar-refractivity contribution in [1.82, 2.24) is 19.5 Å². The Labute approximate surface area is 241 Å². The van der Waals surface area contributed by atoms with Crippen LogP contribution in [0.5, 0.6) is 11.6 Å². The fraction of sp³-hybridized carbons (Fsp3) is 0.156. The minimum Gasteiger partial charge on any atom is -0.439 e. The summed E-state index contributed by atoms with van der Waals surface area (Å²) in [5.74, 6) is -0.100. The van der Waals surface area contributed by atoms with Gasteiger partial charge in [0.15, 0.2) is 0 Å². The quantitative estimate of drug-likeness (QED) is 0.191. The Kier molecular flexibility index (Phi) is 6.63. The van der Waals surface area contributed by atoms with Gasteiger partial charge in [-0.05, 0) is 91.6 Å². The van der Waals surface area contributed by atoms with Crippen molar-refractivity contribution in [2.24, 2.45) is 0 Å². The van der Waals surface area contributed by atoms with Gasteiger partial charge in [-0.3, -0.25) is 4.57 Å². The molecule has 3 heterocycles. The van der Waals surface area contributed by atoms with E-state index in [0.29, 0.717) is 22.5 Å². The van der Waals surface area contributed by atoms with E-state index in [1.807, 2.05) is 13.0 Å². The van der Waals surface area contributed by atoms with E-state index < -0.39 is 29.0 Å². The SMILES string of the molecule is Cc1cnc(-n2c3ccc(C)cc3c3cc(C(F)(F)F)c(-c4cc(Oc5cc(C)ccn5)cc(C(F)(F)F)c4)cc32)nc1. The molecule has 0 amide bonds. The second-order valence-electron chi connectivity index (χ2n) is 10.3. The van der Waals surface area contributed by atoms with Gasteiger partial charge >= 0.3 is 12.4 Å². The third-order valence-corrected chi connectivity index (χ3v) is 6.99. The van der Waals surface area contributed by atoms with Crippen LogP contribution in [0.2, 0.25) is 0 Å². The minimum atomic E-state index is -4.89. The molecule has 3 aromatic heterocycles. The van der Waals surface area contributed by atoms with Gasteiger partial charge < -0.3 is 4.74 Å². The molecule has 5 nitrogen and oxygen atoms in total. The van der Waals surface area contributed by atoms with E-state index in [0.717, 1.165) is 34.9 Å². The standard InChI is InChI=1S/C32H22F6N4O/c1-17-4-5-27-24(8-17)25-13-26(32(36,37)38)23(14-28(25)42(27)30-40-15-19(3)16-41-30)20-10-21(31(33,34)35)12-22(11-20)43-29-9-18(2)6-7-39-29/h4-16H,1-3H3. The first-order valence-electron chi connectivity index (χ1n) is 13.1. The van der Waals surface area contributed by atoms with Gasteiger partial charge in [0.1, 0.15) is 5.75 Å². The fourth-order valence-corrected chi connectivity index (χ4v) is 5.03. The fourth-order valence-electron chi connectivity index (χ4n) is 5.03. The van der Waals surface area contributed by atoms with Gasteiger partial charge in [-0.15, -0.1) is 0 Å². The molecule has 0 saturated carbocycles. The summed E-state index contributed by atoms with van der Waals surface area (Å²) in [6.07, 6.45) is -5.18. The summed E-state index contributed by atoms with van der Waals surface area (Å²) in [5.41, 5.74) is 0.136. The summed E-state index contributed by atoms with van der Waals surface area (Å²) in [6.45, 7) is 5.36. The Hall–Kier alpha value is -4.93. The smallest absolute Gasteiger partial charge is 0.417 e. The van der Waals surface area contributed by atoms with Crippen molar-refractivity contribution in [3.8, 4) is 28.7 Å². The Morgan fingerprint density at radius 1 is 0.651 bits per heavy atom. The number of nitrogens with zero attached hydrogens (tertiary/aromatic N) is 4. The van der Waals surface area contributed by atoms with Gasteiger partial charge in [-0.2, -0.15) is 26.3 Å². The highest BCUT2D eigenvalue weighted by Crippen LogP contribution is 2.45. The molecular formula is C32H22F6N4O. The Balaban J connectivity index is 1.67. The second-order valence-corrected chi connectivity index (χ2v) is 10.3. The number of rotatable bonds is 4. The van der Waals surface area contributed by atoms with Crippen LogP contribution in [0.25, 0.3) is 38.9 Å². The minimum absolute atomic E-state index is 0.00351. The summed E-state index contributed by atoms with van der Waals surface area (Å²) in [4.78, 5) is 12.8. The van der Waals surface area contributed by atoms with E-state index in [-0.39, 0.29) is 28.5 Å². The van der Waals surface area contributed by atoms with Gasteiger partial charge in [0, 0.05) is 35.4 Å². The molecule has 0 radical (unpaired) electrons. The van der Waals surface area contributed by atoms with Crippen molar-refractivity contribution in [2.75, 3.05) is 0 Å². The van der Waals surface area contributed by atoms with Crippen molar-refractivity contribution < 1.29 is 31.1 Å². The van der Waals surface area contributed by atoms with Crippen LogP contribution in [-0.2, 0) is 12.4 Å². The summed E-state index contributed by atoms with van der Waals surface area (Å²) in [5, 5.41) is 0.779. The molecular weight excluding hydrogens is 570 g/mol. The van der Waals surface area contributed by atoms with Crippen LogP contribution in [0.1, 0.15) is 27.8 Å². The summed E-state index contributed by atoms with van der Waals surface area (Å²) in [7, 11) is 0. The lowest BCUT2D eigenvalue weighted by molar-refractivity contribution is -0.137. The number of benzene rings is 3. The molecule has 218 valence electrons. The normalized spacial score (nSPS) is 12.3. The predicted octanol–water partition coefficient (Wildman–Crippen LogP) is 9.39. The molecule has 0 bridgehead atoms. The highest BCUT2D eigenvalue weighted by molar-refractivity contribution is 6.10. The molecule has 0 atom stereocenters. The zero-order valence-corrected chi connectivity index (χ0v) is 23.0. The topological polar surface area (TPSA) is 52.8 Å². The van der Waals surface area contributed by atoms with Crippen molar-refractivity contribution in [1.29, 1.82) is 0 Å². The summed E-state index contributed by atoms with van der Waals surface area (Å²) >= 11 is 0. The van der Waals surface area contributed by atoms with Crippen LogP contribution in [-0.4, -0.2) is 19.5 Å². The van der Waals surface area contributed by atoms with E-state index in [4.69, 9.17) is 4.74 Å². The maximum atomic E-state index is 14.6. The molecule has 3 aromatic carbocycles. The summed E-state index contributed by atoms with van der Waals surface area (Å²) < 4.78 is 93.3. The first-order chi connectivity index (χ1) is 20.3. The van der Waals surface area contributed by atoms with Crippen LogP contribution >= 0.6 is 0 Å². The molecule has 0 N–H and O–H groups in total. The summed E-state index contributed by atoms with van der Waals surface area (Å²) in [6, 6.07) is 13.3. The number of hydrogen-bond donors (Lipinski definition) is 0. The van der Waals surface area contributed by atoms with E-state index >= 15 is 0 Å². The lowest BCUT2D eigenvalue weighted by atomic mass is 9.95. The monoisotopic (exact) mass is 592 g/mol. The third-order valence-electron chi connectivity index (χ3n) is 6.99. The highest BCUT2D eigenvalue weighted by Gasteiger charge is 2.37. The number of halogens is 6. The highest BCUT2D eigenvalue weighted by atomic mass is 19.4. The van der Waals surface area contributed by atoms with Crippen molar-refractivity contribution >= 4 is 21.8 Å². The molecule has 6 rings (SSSR count). The zero-order valence-electron chi connectivity index (χ0n) is 23.0. The van der Waals surface area contributed by atoms with Crippen LogP contribution in [0, 0.1) is 20.8 Å². The molecule has 0 aliphatic heterocycles. The zero-order chi connectivity index (χ0) is 30.7. The predicted molar refractivity (Wildman–Crippen MR) is 150 cm³/mol. The van der Waals surface area contributed by atoms with E-state index in [1.165, 1.54) is 18.3 Å². The first-order valence-corrected chi connectivity index (χ1v) is 13.1. The molecule has 0 unspecified atom stereocenters. The molecule has 0 spiro atoms. The Morgan fingerprint density at radius 3 is 2.02 bits per heavy atom. The molecule has 0 aliphatic rings. The lowest BCUT2D eigenvalue weighted by Crippen LogP contribution is -2.09. The van der Waals surface area contributed by atoms with Gasteiger partial charge in [0.2, 0.25) is 11.8 Å². The molecule has 0 fully saturated rings. The molecule has 6 aromatic rings. The number of pyridine rings is 1. The number of aryl methyl sites for hydroxylation is 3. The van der Waals surface area contributed by atoms with Gasteiger partial charge in [-0.1, -0.05) is 11.6 Å². The number of aromatic nitrogens is 4. The molecule has 0 aliphatic carbocycles. The third kappa shape index (κ3) is 5.38. The molecule has 0 saturated heterocycles. The Bertz CT molecular complexity index is 2010. The average Bonchev–Trinajstić information content (AvgIpc) is 3.24. The maximum Gasteiger partial charge on any atom is 0.417 e. The van der Waals surface area contributed by atoms with E-state index in [9.17, 15) is 26.3 Å². The van der Waals surface area contributed by atoms with Crippen molar-refractivity contribution in [2.45, 2.75) is 33.1 Å². The molecule has 43 heavy (non-hydrogen) atoms. The van der Waals surface area contributed by atoms with Gasteiger partial charge in [0.05, 0.1) is 22.2 Å². The number of fused-ring (bicyclic) bond motifs is 3. The average molecular weight is 593 g/mol. The van der Waals surface area contributed by atoms with E-state index in [1.54, 1.807) is 49.0 Å². The van der Waals surface area contributed by atoms with E-state index in [2.05, 4.69) is 15.0 Å². The number of ether oxygens (including phenoxy) is 1. The van der Waals surface area contributed by atoms with Crippen LogP contribution in [0.3, 0.4) is 0 Å². The van der Waals surface area contributed by atoms with Crippen LogP contribution < -0.4 is 4.74 Å². The van der Waals surface area contributed by atoms with Crippen molar-refractivity contribution in [3.63, 3.8) is 0 Å². The van der Waals surface area contributed by atoms with Crippen LogP contribution in [0.15, 0.2) is 79.3 Å². The van der Waals surface area contributed by atoms with Gasteiger partial charge in [-0.25, -0.2) is 15.0 Å². The Morgan fingerprint density at radius 2 is 1.35 bits per heavy atom.